The molecule has 1 amide bonds. The van der Waals surface area contributed by atoms with Crippen LogP contribution in [-0.2, 0) is 22.6 Å². The van der Waals surface area contributed by atoms with Gasteiger partial charge in [-0.05, 0) is 32.8 Å². The second-order valence-electron chi connectivity index (χ2n) is 5.80. The number of nitrogens with zero attached hydrogens (tertiary/aromatic N) is 2. The van der Waals surface area contributed by atoms with Crippen molar-refractivity contribution in [3.8, 4) is 0 Å². The molecule has 0 spiro atoms. The highest BCUT2D eigenvalue weighted by molar-refractivity contribution is 5.98. The molecule has 1 aromatic heterocycles. The van der Waals surface area contributed by atoms with E-state index >= 15 is 0 Å². The lowest BCUT2D eigenvalue weighted by molar-refractivity contribution is 0.0502. The Morgan fingerprint density at radius 3 is 2.91 bits per heavy atom. The summed E-state index contributed by atoms with van der Waals surface area (Å²) in [5, 5.41) is 0. The van der Waals surface area contributed by atoms with Crippen LogP contribution in [0, 0.1) is 0 Å². The normalized spacial score (nSPS) is 20.8. The zero-order valence-corrected chi connectivity index (χ0v) is 13.1. The molecule has 1 fully saturated rings. The van der Waals surface area contributed by atoms with E-state index < -0.39 is 0 Å². The van der Waals surface area contributed by atoms with Crippen LogP contribution in [0.1, 0.15) is 53.2 Å². The third-order valence-electron chi connectivity index (χ3n) is 4.43. The minimum Gasteiger partial charge on any atom is -0.462 e. The van der Waals surface area contributed by atoms with Crippen molar-refractivity contribution in [2.45, 2.75) is 45.9 Å². The van der Waals surface area contributed by atoms with Gasteiger partial charge in [-0.2, -0.15) is 0 Å². The van der Waals surface area contributed by atoms with Crippen LogP contribution in [0.5, 0.6) is 0 Å². The van der Waals surface area contributed by atoms with Gasteiger partial charge >= 0.3 is 5.97 Å². The van der Waals surface area contributed by atoms with Gasteiger partial charge in [0.1, 0.15) is 5.69 Å². The van der Waals surface area contributed by atoms with E-state index in [1.165, 1.54) is 0 Å². The fourth-order valence-electron chi connectivity index (χ4n) is 3.27. The van der Waals surface area contributed by atoms with E-state index in [-0.39, 0.29) is 17.9 Å². The lowest BCUT2D eigenvalue weighted by atomic mass is 10.2. The molecule has 1 atom stereocenters. The summed E-state index contributed by atoms with van der Waals surface area (Å²) < 4.78 is 12.5. The van der Waals surface area contributed by atoms with Crippen LogP contribution in [0.2, 0.25) is 0 Å². The molecule has 1 saturated heterocycles. The van der Waals surface area contributed by atoms with Gasteiger partial charge in [0.15, 0.2) is 0 Å². The second kappa shape index (κ2) is 6.12. The lowest BCUT2D eigenvalue weighted by Crippen LogP contribution is -2.35. The van der Waals surface area contributed by atoms with Crippen LogP contribution in [0.15, 0.2) is 6.07 Å². The fraction of sp³-hybridized carbons (Fsp3) is 0.625. The molecule has 1 unspecified atom stereocenters. The molecule has 120 valence electrons. The summed E-state index contributed by atoms with van der Waals surface area (Å²) in [4.78, 5) is 26.9. The molecule has 0 aromatic carbocycles. The molecule has 0 bridgehead atoms. The zero-order valence-electron chi connectivity index (χ0n) is 13.1. The van der Waals surface area contributed by atoms with Crippen LogP contribution in [0.3, 0.4) is 0 Å². The average molecular weight is 306 g/mol. The fourth-order valence-corrected chi connectivity index (χ4v) is 3.27. The van der Waals surface area contributed by atoms with E-state index in [1.807, 2.05) is 9.47 Å². The van der Waals surface area contributed by atoms with Crippen molar-refractivity contribution in [2.75, 3.05) is 19.8 Å². The highest BCUT2D eigenvalue weighted by Gasteiger charge is 2.32. The van der Waals surface area contributed by atoms with Crippen molar-refractivity contribution >= 4 is 11.9 Å². The Labute approximate surface area is 130 Å². The SMILES string of the molecule is CCOC(=O)c1cc(C(=O)N2CCCC2C)n2c1COCC2. The number of amides is 1. The number of rotatable bonds is 3. The van der Waals surface area contributed by atoms with Crippen LogP contribution in [0.4, 0.5) is 0 Å². The molecule has 6 nitrogen and oxygen atoms in total. The summed E-state index contributed by atoms with van der Waals surface area (Å²) in [5.41, 5.74) is 1.78. The molecule has 3 rings (SSSR count). The Balaban J connectivity index is 1.97. The summed E-state index contributed by atoms with van der Waals surface area (Å²) in [6.07, 6.45) is 2.07. The predicted octanol–water partition coefficient (Wildman–Crippen LogP) is 1.82. The number of aromatic nitrogens is 1. The van der Waals surface area contributed by atoms with Crippen molar-refractivity contribution in [2.24, 2.45) is 0 Å². The Morgan fingerprint density at radius 1 is 1.41 bits per heavy atom. The van der Waals surface area contributed by atoms with Gasteiger partial charge < -0.3 is 18.9 Å². The minimum atomic E-state index is -0.384. The average Bonchev–Trinajstić information content (AvgIpc) is 3.10. The number of esters is 1. The van der Waals surface area contributed by atoms with Gasteiger partial charge in [0.25, 0.3) is 5.91 Å². The van der Waals surface area contributed by atoms with Crippen molar-refractivity contribution in [3.63, 3.8) is 0 Å². The van der Waals surface area contributed by atoms with E-state index in [9.17, 15) is 9.59 Å². The van der Waals surface area contributed by atoms with E-state index in [1.54, 1.807) is 13.0 Å². The molecule has 0 radical (unpaired) electrons. The number of carbonyl (C=O) groups excluding carboxylic acids is 2. The van der Waals surface area contributed by atoms with Crippen molar-refractivity contribution in [1.82, 2.24) is 9.47 Å². The third-order valence-corrected chi connectivity index (χ3v) is 4.43. The van der Waals surface area contributed by atoms with Gasteiger partial charge in [-0.25, -0.2) is 4.79 Å². The first-order valence-electron chi connectivity index (χ1n) is 7.91. The van der Waals surface area contributed by atoms with Gasteiger partial charge in [-0.15, -0.1) is 0 Å². The molecule has 0 aliphatic carbocycles. The molecule has 0 N–H and O–H groups in total. The molecule has 3 heterocycles. The molecular weight excluding hydrogens is 284 g/mol. The van der Waals surface area contributed by atoms with Crippen LogP contribution in [-0.4, -0.2) is 47.1 Å². The van der Waals surface area contributed by atoms with E-state index in [4.69, 9.17) is 9.47 Å². The largest absolute Gasteiger partial charge is 0.462 e. The van der Waals surface area contributed by atoms with E-state index in [0.29, 0.717) is 37.6 Å². The first kappa shape index (κ1) is 15.1. The maximum atomic E-state index is 12.8. The molecule has 6 heteroatoms. The first-order valence-corrected chi connectivity index (χ1v) is 7.91. The number of carbonyl (C=O) groups is 2. The van der Waals surface area contributed by atoms with Crippen molar-refractivity contribution < 1.29 is 19.1 Å². The molecule has 2 aliphatic heterocycles. The molecular formula is C16H22N2O4. The summed E-state index contributed by atoms with van der Waals surface area (Å²) in [6, 6.07) is 1.93. The first-order chi connectivity index (χ1) is 10.6. The molecule has 0 saturated carbocycles. The summed E-state index contributed by atoms with van der Waals surface area (Å²) in [6.45, 7) is 6.44. The van der Waals surface area contributed by atoms with E-state index in [0.717, 1.165) is 25.1 Å². The number of hydrogen-bond acceptors (Lipinski definition) is 4. The molecule has 1 aromatic rings. The predicted molar refractivity (Wildman–Crippen MR) is 79.8 cm³/mol. The Kier molecular flexibility index (Phi) is 4.20. The van der Waals surface area contributed by atoms with Gasteiger partial charge in [-0.3, -0.25) is 4.79 Å². The van der Waals surface area contributed by atoms with Crippen molar-refractivity contribution in [1.29, 1.82) is 0 Å². The summed E-state index contributed by atoms with van der Waals surface area (Å²) in [5.74, 6) is -0.381. The van der Waals surface area contributed by atoms with Crippen molar-refractivity contribution in [3.05, 3.63) is 23.0 Å². The number of hydrogen-bond donors (Lipinski definition) is 0. The molecule has 22 heavy (non-hydrogen) atoms. The number of likely N-dealkylation sites (tertiary alicyclic amines) is 1. The van der Waals surface area contributed by atoms with Crippen LogP contribution >= 0.6 is 0 Å². The van der Waals surface area contributed by atoms with Gasteiger partial charge in [-0.1, -0.05) is 0 Å². The highest BCUT2D eigenvalue weighted by atomic mass is 16.5. The summed E-state index contributed by atoms with van der Waals surface area (Å²) in [7, 11) is 0. The summed E-state index contributed by atoms with van der Waals surface area (Å²) >= 11 is 0. The van der Waals surface area contributed by atoms with Crippen LogP contribution < -0.4 is 0 Å². The number of fused-ring (bicyclic) bond motifs is 1. The Hall–Kier alpha value is -1.82. The van der Waals surface area contributed by atoms with Crippen LogP contribution in [0.25, 0.3) is 0 Å². The monoisotopic (exact) mass is 306 g/mol. The quantitative estimate of drug-likeness (QED) is 0.799. The van der Waals surface area contributed by atoms with Gasteiger partial charge in [0, 0.05) is 19.1 Å². The molecule has 2 aliphatic rings. The minimum absolute atomic E-state index is 0.00342. The van der Waals surface area contributed by atoms with Gasteiger partial charge in [0.05, 0.1) is 31.1 Å². The maximum Gasteiger partial charge on any atom is 0.340 e. The maximum absolute atomic E-state index is 12.8. The van der Waals surface area contributed by atoms with Gasteiger partial charge in [0.2, 0.25) is 0 Å². The Morgan fingerprint density at radius 2 is 2.23 bits per heavy atom. The topological polar surface area (TPSA) is 60.8 Å². The third kappa shape index (κ3) is 2.52. The highest BCUT2D eigenvalue weighted by Crippen LogP contribution is 2.26. The standard InChI is InChI=1S/C16H22N2O4/c1-3-22-16(20)12-9-13(18-7-8-21-10-14(12)18)15(19)17-6-4-5-11(17)2/h9,11H,3-8,10H2,1-2H3. The number of ether oxygens (including phenoxy) is 2. The zero-order chi connectivity index (χ0) is 15.7. The lowest BCUT2D eigenvalue weighted by Gasteiger charge is -2.24. The second-order valence-corrected chi connectivity index (χ2v) is 5.80. The Bertz CT molecular complexity index is 593. The van der Waals surface area contributed by atoms with E-state index in [2.05, 4.69) is 6.92 Å². The smallest absolute Gasteiger partial charge is 0.340 e.